The number of hydrogen-bond donors (Lipinski definition) is 0. The molecule has 3 heteroatoms. The molecule has 0 unspecified atom stereocenters. The smallest absolute Gasteiger partial charge is 0.362 e. The molecule has 0 bridgehead atoms. The molecule has 1 heterocycles. The number of hydrogen-bond acceptors (Lipinski definition) is 3. The maximum atomic E-state index is 12.3. The van der Waals surface area contributed by atoms with Crippen molar-refractivity contribution < 1.29 is 9.53 Å². The summed E-state index contributed by atoms with van der Waals surface area (Å²) in [6.07, 6.45) is 11.3. The van der Waals surface area contributed by atoms with Crippen molar-refractivity contribution in [3.63, 3.8) is 0 Å². The number of rotatable bonds is 11. The average molecular weight is 368 g/mol. The Morgan fingerprint density at radius 3 is 2.30 bits per heavy atom. The van der Waals surface area contributed by atoms with Gasteiger partial charge in [0.05, 0.1) is 0 Å². The fraction of sp³-hybridized carbons (Fsp3) is 0.500. The van der Waals surface area contributed by atoms with Crippen LogP contribution in [0.3, 0.4) is 0 Å². The van der Waals surface area contributed by atoms with Crippen molar-refractivity contribution in [3.05, 3.63) is 59.4 Å². The van der Waals surface area contributed by atoms with Gasteiger partial charge < -0.3 is 4.74 Å². The minimum Gasteiger partial charge on any atom is -0.422 e. The topological polar surface area (TPSA) is 39.2 Å². The Morgan fingerprint density at radius 1 is 0.963 bits per heavy atom. The van der Waals surface area contributed by atoms with E-state index in [1.54, 1.807) is 12.3 Å². The van der Waals surface area contributed by atoms with Gasteiger partial charge in [-0.15, -0.1) is 0 Å². The van der Waals surface area contributed by atoms with E-state index in [9.17, 15) is 4.79 Å². The van der Waals surface area contributed by atoms with Gasteiger partial charge in [0.15, 0.2) is 0 Å². The number of pyridine rings is 1. The molecule has 2 aromatic rings. The summed E-state index contributed by atoms with van der Waals surface area (Å²) in [5.41, 5.74) is 2.80. The summed E-state index contributed by atoms with van der Waals surface area (Å²) in [7, 11) is 0. The molecule has 3 nitrogen and oxygen atoms in total. The lowest BCUT2D eigenvalue weighted by Crippen LogP contribution is -2.10. The first-order valence-electron chi connectivity index (χ1n) is 10.4. The van der Waals surface area contributed by atoms with E-state index in [4.69, 9.17) is 4.74 Å². The zero-order chi connectivity index (χ0) is 19.5. The highest BCUT2D eigenvalue weighted by Crippen LogP contribution is 2.17. The van der Waals surface area contributed by atoms with E-state index in [1.165, 1.54) is 43.2 Å². The van der Waals surface area contributed by atoms with E-state index in [0.29, 0.717) is 17.4 Å². The van der Waals surface area contributed by atoms with E-state index in [2.05, 4.69) is 25.8 Å². The van der Waals surface area contributed by atoms with Crippen LogP contribution in [0.15, 0.2) is 42.6 Å². The maximum Gasteiger partial charge on any atom is 0.362 e. The van der Waals surface area contributed by atoms with Gasteiger partial charge in [-0.05, 0) is 54.5 Å². The molecule has 0 saturated carbocycles. The van der Waals surface area contributed by atoms with Crippen molar-refractivity contribution in [1.82, 2.24) is 4.98 Å². The van der Waals surface area contributed by atoms with Crippen molar-refractivity contribution in [3.8, 4) is 5.75 Å². The summed E-state index contributed by atoms with van der Waals surface area (Å²) in [4.78, 5) is 16.6. The van der Waals surface area contributed by atoms with Crippen molar-refractivity contribution in [1.29, 1.82) is 0 Å². The number of nitrogens with zero attached hydrogens (tertiary/aromatic N) is 1. The van der Waals surface area contributed by atoms with Crippen LogP contribution in [0.5, 0.6) is 5.75 Å². The van der Waals surface area contributed by atoms with Crippen molar-refractivity contribution in [2.75, 3.05) is 0 Å². The van der Waals surface area contributed by atoms with Crippen LogP contribution in [0.2, 0.25) is 0 Å². The molecule has 146 valence electrons. The standard InChI is InChI=1S/C24H33NO2/c1-4-6-7-8-9-10-21-13-16-23(25-18-21)24(26)27-22-14-11-20(12-15-22)17-19(3)5-2/h11-16,18-19H,4-10,17H2,1-3H3/t19-/m0/s1. The number of carbonyl (C=O) groups is 1. The first-order chi connectivity index (χ1) is 13.1. The zero-order valence-corrected chi connectivity index (χ0v) is 17.0. The Balaban J connectivity index is 1.83. The molecule has 0 spiro atoms. The van der Waals surface area contributed by atoms with Crippen LogP contribution >= 0.6 is 0 Å². The van der Waals surface area contributed by atoms with Gasteiger partial charge >= 0.3 is 5.97 Å². The minimum atomic E-state index is -0.404. The third-order valence-electron chi connectivity index (χ3n) is 5.02. The van der Waals surface area contributed by atoms with Gasteiger partial charge in [0, 0.05) is 6.20 Å². The predicted octanol–water partition coefficient (Wildman–Crippen LogP) is 6.40. The molecule has 27 heavy (non-hydrogen) atoms. The molecular formula is C24H33NO2. The molecule has 1 aromatic carbocycles. The predicted molar refractivity (Wildman–Crippen MR) is 111 cm³/mol. The molecule has 0 aliphatic rings. The first-order valence-corrected chi connectivity index (χ1v) is 10.4. The molecule has 0 saturated heterocycles. The third-order valence-corrected chi connectivity index (χ3v) is 5.02. The number of unbranched alkanes of at least 4 members (excludes halogenated alkanes) is 4. The summed E-state index contributed by atoms with van der Waals surface area (Å²) < 4.78 is 5.45. The lowest BCUT2D eigenvalue weighted by molar-refractivity contribution is 0.0728. The second kappa shape index (κ2) is 11.5. The largest absolute Gasteiger partial charge is 0.422 e. The molecule has 0 aliphatic heterocycles. The van der Waals surface area contributed by atoms with Gasteiger partial charge in [0.2, 0.25) is 0 Å². The Hall–Kier alpha value is -2.16. The number of esters is 1. The van der Waals surface area contributed by atoms with Crippen LogP contribution in [-0.2, 0) is 12.8 Å². The maximum absolute atomic E-state index is 12.3. The fourth-order valence-corrected chi connectivity index (χ4v) is 3.03. The van der Waals surface area contributed by atoms with Gasteiger partial charge in [0.1, 0.15) is 11.4 Å². The molecule has 0 fully saturated rings. The van der Waals surface area contributed by atoms with Crippen molar-refractivity contribution >= 4 is 5.97 Å². The summed E-state index contributed by atoms with van der Waals surface area (Å²) in [6.45, 7) is 6.67. The molecule has 0 aliphatic carbocycles. The van der Waals surface area contributed by atoms with Gasteiger partial charge in [-0.1, -0.05) is 71.1 Å². The van der Waals surface area contributed by atoms with Crippen molar-refractivity contribution in [2.45, 2.75) is 72.1 Å². The van der Waals surface area contributed by atoms with Gasteiger partial charge in [-0.2, -0.15) is 0 Å². The highest BCUT2D eigenvalue weighted by atomic mass is 16.5. The van der Waals surface area contributed by atoms with Crippen molar-refractivity contribution in [2.24, 2.45) is 5.92 Å². The number of benzene rings is 1. The molecule has 1 atom stereocenters. The SMILES string of the molecule is CCCCCCCc1ccc(C(=O)Oc2ccc(C[C@@H](C)CC)cc2)nc1. The monoisotopic (exact) mass is 367 g/mol. The summed E-state index contributed by atoms with van der Waals surface area (Å²) >= 11 is 0. The summed E-state index contributed by atoms with van der Waals surface area (Å²) in [5, 5.41) is 0. The third kappa shape index (κ3) is 7.54. The average Bonchev–Trinajstić information content (AvgIpc) is 2.69. The van der Waals surface area contributed by atoms with Crippen LogP contribution in [0.4, 0.5) is 0 Å². The van der Waals surface area contributed by atoms with Crippen LogP contribution < -0.4 is 4.74 Å². The second-order valence-electron chi connectivity index (χ2n) is 7.47. The Bertz CT molecular complexity index is 677. The Labute approximate surface area is 164 Å². The number of aromatic nitrogens is 1. The first kappa shape index (κ1) is 21.1. The van der Waals surface area contributed by atoms with Crippen LogP contribution in [0.25, 0.3) is 0 Å². The normalized spacial score (nSPS) is 12.0. The van der Waals surface area contributed by atoms with Crippen LogP contribution in [-0.4, -0.2) is 11.0 Å². The van der Waals surface area contributed by atoms with E-state index in [-0.39, 0.29) is 0 Å². The second-order valence-corrected chi connectivity index (χ2v) is 7.47. The Kier molecular flexibility index (Phi) is 9.03. The van der Waals surface area contributed by atoms with Crippen LogP contribution in [0, 0.1) is 5.92 Å². The molecule has 2 rings (SSSR count). The van der Waals surface area contributed by atoms with E-state index >= 15 is 0 Å². The highest BCUT2D eigenvalue weighted by Gasteiger charge is 2.10. The molecule has 1 aromatic heterocycles. The van der Waals surface area contributed by atoms with Gasteiger partial charge in [-0.25, -0.2) is 9.78 Å². The zero-order valence-electron chi connectivity index (χ0n) is 17.0. The molecular weight excluding hydrogens is 334 g/mol. The molecule has 0 N–H and O–H groups in total. The van der Waals surface area contributed by atoms with Crippen LogP contribution in [0.1, 0.15) is 80.9 Å². The molecule has 0 amide bonds. The Morgan fingerprint density at radius 2 is 1.67 bits per heavy atom. The van der Waals surface area contributed by atoms with E-state index in [0.717, 1.165) is 19.3 Å². The number of carbonyl (C=O) groups excluding carboxylic acids is 1. The lowest BCUT2D eigenvalue weighted by atomic mass is 9.99. The minimum absolute atomic E-state index is 0.355. The quantitative estimate of drug-likeness (QED) is 0.262. The summed E-state index contributed by atoms with van der Waals surface area (Å²) in [5.74, 6) is 0.821. The van der Waals surface area contributed by atoms with E-state index in [1.807, 2.05) is 30.3 Å². The fourth-order valence-electron chi connectivity index (χ4n) is 3.03. The van der Waals surface area contributed by atoms with Gasteiger partial charge in [-0.3, -0.25) is 0 Å². The highest BCUT2D eigenvalue weighted by molar-refractivity contribution is 5.88. The number of ether oxygens (including phenoxy) is 1. The lowest BCUT2D eigenvalue weighted by Gasteiger charge is -2.09. The molecule has 0 radical (unpaired) electrons. The van der Waals surface area contributed by atoms with Gasteiger partial charge in [0.25, 0.3) is 0 Å². The number of aryl methyl sites for hydroxylation is 1. The summed E-state index contributed by atoms with van der Waals surface area (Å²) in [6, 6.07) is 11.5. The van der Waals surface area contributed by atoms with E-state index < -0.39 is 5.97 Å².